The van der Waals surface area contributed by atoms with Crippen molar-refractivity contribution in [2.75, 3.05) is 25.0 Å². The zero-order valence-electron chi connectivity index (χ0n) is 14.3. The van der Waals surface area contributed by atoms with E-state index in [-0.39, 0.29) is 24.9 Å². The van der Waals surface area contributed by atoms with Gasteiger partial charge < -0.3 is 21.1 Å². The maximum Gasteiger partial charge on any atom is 0.325 e. The van der Waals surface area contributed by atoms with Crippen molar-refractivity contribution in [3.05, 3.63) is 24.3 Å². The molecule has 2 aliphatic rings. The van der Waals surface area contributed by atoms with E-state index in [0.29, 0.717) is 37.4 Å². The zero-order chi connectivity index (χ0) is 17.9. The van der Waals surface area contributed by atoms with E-state index in [1.165, 1.54) is 0 Å². The fraction of sp³-hybridized carbons (Fsp3) is 0.471. The lowest BCUT2D eigenvalue weighted by atomic mass is 9.98. The van der Waals surface area contributed by atoms with Crippen LogP contribution in [0.4, 0.5) is 10.5 Å². The second kappa shape index (κ2) is 8.37. The van der Waals surface area contributed by atoms with Crippen LogP contribution in [0.25, 0.3) is 0 Å². The largest absolute Gasteiger partial charge is 0.492 e. The third-order valence-electron chi connectivity index (χ3n) is 4.53. The Bertz CT molecular complexity index is 674. The van der Waals surface area contributed by atoms with Crippen LogP contribution in [0, 0.1) is 0 Å². The molecule has 1 aromatic carbocycles. The number of imide groups is 1. The first kappa shape index (κ1) is 20.0. The highest BCUT2D eigenvalue weighted by Crippen LogP contribution is 2.34. The molecule has 142 valence electrons. The molecule has 1 saturated carbocycles. The third-order valence-corrected chi connectivity index (χ3v) is 4.53. The molecule has 4 amide bonds. The molecule has 8 nitrogen and oxygen atoms in total. The number of carbonyl (C=O) groups excluding carboxylic acids is 3. The second-order valence-corrected chi connectivity index (χ2v) is 6.32. The van der Waals surface area contributed by atoms with Gasteiger partial charge in [-0.1, -0.05) is 12.8 Å². The van der Waals surface area contributed by atoms with Crippen molar-refractivity contribution in [3.63, 3.8) is 0 Å². The van der Waals surface area contributed by atoms with Gasteiger partial charge in [0.1, 0.15) is 24.4 Å². The highest BCUT2D eigenvalue weighted by molar-refractivity contribution is 6.10. The van der Waals surface area contributed by atoms with Gasteiger partial charge in [0.25, 0.3) is 5.91 Å². The minimum atomic E-state index is -0.792. The normalized spacial score (nSPS) is 17.8. The molecular formula is C17H23ClN4O4. The molecule has 1 heterocycles. The maximum atomic E-state index is 12.5. The third kappa shape index (κ3) is 4.08. The molecule has 2 fully saturated rings. The monoisotopic (exact) mass is 382 g/mol. The molecule has 3 rings (SSSR count). The molecule has 4 N–H and O–H groups in total. The van der Waals surface area contributed by atoms with Crippen LogP contribution in [0.15, 0.2) is 24.3 Å². The number of rotatable bonds is 6. The Morgan fingerprint density at radius 2 is 1.88 bits per heavy atom. The number of benzene rings is 1. The summed E-state index contributed by atoms with van der Waals surface area (Å²) in [5.41, 5.74) is 5.14. The molecule has 1 aromatic rings. The van der Waals surface area contributed by atoms with Crippen LogP contribution in [0.2, 0.25) is 0 Å². The quantitative estimate of drug-likeness (QED) is 0.641. The zero-order valence-corrected chi connectivity index (χ0v) is 15.1. The van der Waals surface area contributed by atoms with E-state index in [4.69, 9.17) is 10.5 Å². The van der Waals surface area contributed by atoms with Crippen molar-refractivity contribution in [2.24, 2.45) is 5.73 Å². The molecule has 1 aliphatic heterocycles. The lowest BCUT2D eigenvalue weighted by Crippen LogP contribution is -2.44. The molecule has 0 radical (unpaired) electrons. The first-order valence-electron chi connectivity index (χ1n) is 8.41. The molecule has 0 unspecified atom stereocenters. The van der Waals surface area contributed by atoms with E-state index in [1.54, 1.807) is 24.3 Å². The van der Waals surface area contributed by atoms with E-state index < -0.39 is 17.5 Å². The summed E-state index contributed by atoms with van der Waals surface area (Å²) in [6, 6.07) is 6.31. The lowest BCUT2D eigenvalue weighted by Gasteiger charge is -2.19. The Morgan fingerprint density at radius 3 is 2.50 bits per heavy atom. The van der Waals surface area contributed by atoms with Crippen molar-refractivity contribution in [1.29, 1.82) is 0 Å². The first-order valence-corrected chi connectivity index (χ1v) is 8.41. The molecular weight excluding hydrogens is 360 g/mol. The lowest BCUT2D eigenvalue weighted by molar-refractivity contribution is -0.133. The number of nitrogens with zero attached hydrogens (tertiary/aromatic N) is 1. The topological polar surface area (TPSA) is 114 Å². The number of ether oxygens (including phenoxy) is 1. The predicted octanol–water partition coefficient (Wildman–Crippen LogP) is 1.25. The highest BCUT2D eigenvalue weighted by Gasteiger charge is 2.52. The number of nitrogens with one attached hydrogen (secondary N) is 2. The maximum absolute atomic E-state index is 12.5. The number of hydrogen-bond donors (Lipinski definition) is 3. The van der Waals surface area contributed by atoms with Gasteiger partial charge in [-0.2, -0.15) is 0 Å². The van der Waals surface area contributed by atoms with E-state index in [9.17, 15) is 14.4 Å². The number of halogens is 1. The minimum absolute atomic E-state index is 0. The molecule has 0 bridgehead atoms. The summed E-state index contributed by atoms with van der Waals surface area (Å²) in [6.07, 6.45) is 3.09. The van der Waals surface area contributed by atoms with Gasteiger partial charge >= 0.3 is 6.03 Å². The van der Waals surface area contributed by atoms with Gasteiger partial charge in [0.05, 0.1) is 0 Å². The Labute approximate surface area is 157 Å². The van der Waals surface area contributed by atoms with Gasteiger partial charge in [-0.15, -0.1) is 12.4 Å². The summed E-state index contributed by atoms with van der Waals surface area (Å²) in [5.74, 6) is -0.0643. The van der Waals surface area contributed by atoms with E-state index in [1.807, 2.05) is 0 Å². The average Bonchev–Trinajstić information content (AvgIpc) is 3.15. The predicted molar refractivity (Wildman–Crippen MR) is 98.3 cm³/mol. The van der Waals surface area contributed by atoms with Crippen molar-refractivity contribution in [1.82, 2.24) is 10.2 Å². The van der Waals surface area contributed by atoms with Gasteiger partial charge in [-0.3, -0.25) is 14.5 Å². The summed E-state index contributed by atoms with van der Waals surface area (Å²) in [7, 11) is 0. The summed E-state index contributed by atoms with van der Waals surface area (Å²) in [6.45, 7) is 0.545. The van der Waals surface area contributed by atoms with Gasteiger partial charge in [0, 0.05) is 12.2 Å². The van der Waals surface area contributed by atoms with Crippen LogP contribution in [-0.2, 0) is 9.59 Å². The number of carbonyl (C=O) groups is 3. The van der Waals surface area contributed by atoms with Gasteiger partial charge in [-0.05, 0) is 37.1 Å². The molecule has 1 spiro atoms. The van der Waals surface area contributed by atoms with Crippen LogP contribution >= 0.6 is 12.4 Å². The summed E-state index contributed by atoms with van der Waals surface area (Å²) < 4.78 is 5.36. The Kier molecular flexibility index (Phi) is 6.44. The minimum Gasteiger partial charge on any atom is -0.492 e. The SMILES string of the molecule is Cl.NCCOc1ccc(NC(=O)CN2C(=O)NC3(CCCC3)C2=O)cc1. The van der Waals surface area contributed by atoms with Crippen LogP contribution in [0.1, 0.15) is 25.7 Å². The van der Waals surface area contributed by atoms with Crippen molar-refractivity contribution in [3.8, 4) is 5.75 Å². The van der Waals surface area contributed by atoms with Gasteiger partial charge in [0.15, 0.2) is 0 Å². The standard InChI is InChI=1S/C17H22N4O4.ClH/c18-9-10-25-13-5-3-12(4-6-13)19-14(22)11-21-15(23)17(20-16(21)24)7-1-2-8-17;/h3-6H,1-2,7-11,18H2,(H,19,22)(H,20,24);1H. The van der Waals surface area contributed by atoms with Crippen LogP contribution in [0.5, 0.6) is 5.75 Å². The van der Waals surface area contributed by atoms with Gasteiger partial charge in [-0.25, -0.2) is 4.79 Å². The molecule has 0 atom stereocenters. The second-order valence-electron chi connectivity index (χ2n) is 6.32. The molecule has 1 saturated heterocycles. The Balaban J connectivity index is 0.00000243. The molecule has 1 aliphatic carbocycles. The summed E-state index contributed by atoms with van der Waals surface area (Å²) >= 11 is 0. The molecule has 26 heavy (non-hydrogen) atoms. The van der Waals surface area contributed by atoms with Crippen molar-refractivity contribution in [2.45, 2.75) is 31.2 Å². The molecule has 9 heteroatoms. The number of nitrogens with two attached hydrogens (primary N) is 1. The number of urea groups is 1. The van der Waals surface area contributed by atoms with E-state index in [0.717, 1.165) is 17.7 Å². The highest BCUT2D eigenvalue weighted by atomic mass is 35.5. The number of hydrogen-bond acceptors (Lipinski definition) is 5. The smallest absolute Gasteiger partial charge is 0.325 e. The van der Waals surface area contributed by atoms with Crippen LogP contribution in [-0.4, -0.2) is 48.0 Å². The van der Waals surface area contributed by atoms with Gasteiger partial charge in [0.2, 0.25) is 5.91 Å². The van der Waals surface area contributed by atoms with Crippen LogP contribution < -0.4 is 21.1 Å². The Hall–Kier alpha value is -2.32. The van der Waals surface area contributed by atoms with Crippen molar-refractivity contribution >= 4 is 35.9 Å². The van der Waals surface area contributed by atoms with E-state index in [2.05, 4.69) is 10.6 Å². The van der Waals surface area contributed by atoms with Crippen molar-refractivity contribution < 1.29 is 19.1 Å². The fourth-order valence-electron chi connectivity index (χ4n) is 3.29. The first-order chi connectivity index (χ1) is 12.0. The fourth-order valence-corrected chi connectivity index (χ4v) is 3.29. The molecule has 0 aromatic heterocycles. The van der Waals surface area contributed by atoms with Crippen LogP contribution in [0.3, 0.4) is 0 Å². The van der Waals surface area contributed by atoms with E-state index >= 15 is 0 Å². The summed E-state index contributed by atoms with van der Waals surface area (Å²) in [5, 5.41) is 5.44. The summed E-state index contributed by atoms with van der Waals surface area (Å²) in [4.78, 5) is 37.8. The Morgan fingerprint density at radius 1 is 1.23 bits per heavy atom. The average molecular weight is 383 g/mol. The number of amides is 4. The number of anilines is 1.